The summed E-state index contributed by atoms with van der Waals surface area (Å²) in [6, 6.07) is 10.2. The molecule has 1 amide bonds. The monoisotopic (exact) mass is 540 g/mol. The summed E-state index contributed by atoms with van der Waals surface area (Å²) in [5.41, 5.74) is 3.53. The van der Waals surface area contributed by atoms with Gasteiger partial charge in [0.15, 0.2) is 20.6 Å². The second kappa shape index (κ2) is 9.84. The van der Waals surface area contributed by atoms with Crippen molar-refractivity contribution in [2.45, 2.75) is 43.0 Å². The third kappa shape index (κ3) is 5.27. The first-order valence-corrected chi connectivity index (χ1v) is 13.6. The molecule has 1 aromatic carbocycles. The molecule has 38 heavy (non-hydrogen) atoms. The smallest absolute Gasteiger partial charge is 0.276 e. The molecule has 0 unspecified atom stereocenters. The molecule has 1 saturated heterocycles. The van der Waals surface area contributed by atoms with Crippen LogP contribution in [-0.4, -0.2) is 63.7 Å². The lowest BCUT2D eigenvalue weighted by molar-refractivity contribution is 0.0115. The summed E-state index contributed by atoms with van der Waals surface area (Å²) in [4.78, 5) is 23.0. The largest absolute Gasteiger partial charge is 0.319 e. The Kier molecular flexibility index (Phi) is 6.70. The van der Waals surface area contributed by atoms with Crippen LogP contribution in [0.15, 0.2) is 60.0 Å². The van der Waals surface area contributed by atoms with Crippen molar-refractivity contribution in [3.8, 4) is 11.1 Å². The molecular formula is C26H26F2N6O3S. The van der Waals surface area contributed by atoms with E-state index >= 15 is 0 Å². The Morgan fingerprint density at radius 3 is 2.63 bits per heavy atom. The van der Waals surface area contributed by atoms with Gasteiger partial charge in [-0.3, -0.25) is 19.8 Å². The van der Waals surface area contributed by atoms with Gasteiger partial charge in [0.1, 0.15) is 0 Å². The van der Waals surface area contributed by atoms with Crippen molar-refractivity contribution in [2.75, 3.05) is 18.4 Å². The number of carbonyl (C=O) groups excluding carboxylic acids is 1. The zero-order valence-corrected chi connectivity index (χ0v) is 21.6. The maximum atomic E-state index is 13.6. The van der Waals surface area contributed by atoms with Crippen molar-refractivity contribution in [1.82, 2.24) is 25.1 Å². The number of fused-ring (bicyclic) bond motifs is 1. The van der Waals surface area contributed by atoms with E-state index in [9.17, 15) is 22.0 Å². The van der Waals surface area contributed by atoms with Crippen molar-refractivity contribution in [3.05, 3.63) is 66.2 Å². The number of likely N-dealkylation sites (tertiary alicyclic amines) is 1. The molecule has 0 saturated carbocycles. The maximum Gasteiger partial charge on any atom is 0.276 e. The average Bonchev–Trinajstić information content (AvgIpc) is 3.46. The van der Waals surface area contributed by atoms with E-state index < -0.39 is 26.9 Å². The number of hydrogen-bond donors (Lipinski definition) is 2. The van der Waals surface area contributed by atoms with E-state index in [1.54, 1.807) is 37.2 Å². The standard InChI is InChI=1S/C26H26F2N6O3S/c1-16(2)38(36,37)23-6-4-20(13-30-23)31-25(35)24-21-10-18(3-5-22(21)32-33-24)19-9-17(11-29-12-19)14-34-8-7-26(27,28)15-34/h3-6,9-13,16H,7-8,14-15H2,1-2H3,(H,31,35)(H,32,33). The Balaban J connectivity index is 1.36. The fourth-order valence-electron chi connectivity index (χ4n) is 4.35. The Labute approximate surface area is 218 Å². The minimum atomic E-state index is -3.52. The molecule has 4 aromatic rings. The van der Waals surface area contributed by atoms with Crippen LogP contribution in [0.3, 0.4) is 0 Å². The summed E-state index contributed by atoms with van der Waals surface area (Å²) in [5, 5.41) is 9.61. The number of alkyl halides is 2. The fourth-order valence-corrected chi connectivity index (χ4v) is 5.29. The maximum absolute atomic E-state index is 13.6. The minimum absolute atomic E-state index is 0.0605. The van der Waals surface area contributed by atoms with Gasteiger partial charge < -0.3 is 5.32 Å². The number of anilines is 1. The lowest BCUT2D eigenvalue weighted by Gasteiger charge is -2.15. The van der Waals surface area contributed by atoms with Crippen LogP contribution in [0, 0.1) is 0 Å². The molecule has 3 aromatic heterocycles. The Bertz CT molecular complexity index is 1600. The van der Waals surface area contributed by atoms with Crippen LogP contribution in [0.5, 0.6) is 0 Å². The van der Waals surface area contributed by atoms with Gasteiger partial charge in [0.25, 0.3) is 11.8 Å². The van der Waals surface area contributed by atoms with Crippen LogP contribution in [0.1, 0.15) is 36.3 Å². The Morgan fingerprint density at radius 1 is 1.13 bits per heavy atom. The number of aromatic nitrogens is 4. The molecule has 0 bridgehead atoms. The van der Waals surface area contributed by atoms with Gasteiger partial charge in [0.05, 0.1) is 29.2 Å². The lowest BCUT2D eigenvalue weighted by Crippen LogP contribution is -2.24. The number of aromatic amines is 1. The zero-order chi connectivity index (χ0) is 27.1. The summed E-state index contributed by atoms with van der Waals surface area (Å²) < 4.78 is 51.7. The molecule has 9 nitrogen and oxygen atoms in total. The van der Waals surface area contributed by atoms with Crippen LogP contribution >= 0.6 is 0 Å². The SMILES string of the molecule is CC(C)S(=O)(=O)c1ccc(NC(=O)c2n[nH]c3ccc(-c4cncc(CN5CCC(F)(F)C5)c4)cc23)cn1. The molecule has 0 spiro atoms. The van der Waals surface area contributed by atoms with Crippen molar-refractivity contribution in [2.24, 2.45) is 0 Å². The van der Waals surface area contributed by atoms with E-state index in [1.807, 2.05) is 18.2 Å². The minimum Gasteiger partial charge on any atom is -0.319 e. The quantitative estimate of drug-likeness (QED) is 0.359. The highest BCUT2D eigenvalue weighted by Crippen LogP contribution is 2.29. The number of carbonyl (C=O) groups is 1. The number of nitrogens with zero attached hydrogens (tertiary/aromatic N) is 4. The molecule has 0 atom stereocenters. The summed E-state index contributed by atoms with van der Waals surface area (Å²) in [7, 11) is -3.52. The fraction of sp³-hybridized carbons (Fsp3) is 0.308. The van der Waals surface area contributed by atoms with E-state index in [0.29, 0.717) is 29.7 Å². The summed E-state index contributed by atoms with van der Waals surface area (Å²) in [6.45, 7) is 3.60. The number of benzene rings is 1. The predicted octanol–water partition coefficient (Wildman–Crippen LogP) is 4.30. The molecule has 0 aliphatic carbocycles. The van der Waals surface area contributed by atoms with Crippen molar-refractivity contribution < 1.29 is 22.0 Å². The number of H-pyrrole nitrogens is 1. The highest BCUT2D eigenvalue weighted by molar-refractivity contribution is 7.91. The van der Waals surface area contributed by atoms with Crippen LogP contribution in [0.25, 0.3) is 22.0 Å². The van der Waals surface area contributed by atoms with Gasteiger partial charge in [0, 0.05) is 42.9 Å². The zero-order valence-electron chi connectivity index (χ0n) is 20.8. The average molecular weight is 541 g/mol. The molecule has 2 N–H and O–H groups in total. The third-order valence-electron chi connectivity index (χ3n) is 6.47. The topological polar surface area (TPSA) is 121 Å². The highest BCUT2D eigenvalue weighted by Gasteiger charge is 2.37. The summed E-state index contributed by atoms with van der Waals surface area (Å²) in [5.74, 6) is -3.14. The van der Waals surface area contributed by atoms with E-state index in [4.69, 9.17) is 0 Å². The Hall–Kier alpha value is -3.77. The van der Waals surface area contributed by atoms with Crippen molar-refractivity contribution >= 4 is 32.3 Å². The summed E-state index contributed by atoms with van der Waals surface area (Å²) in [6.07, 6.45) is 4.50. The third-order valence-corrected chi connectivity index (χ3v) is 8.53. The van der Waals surface area contributed by atoms with Crippen molar-refractivity contribution in [3.63, 3.8) is 0 Å². The van der Waals surface area contributed by atoms with Gasteiger partial charge in [-0.1, -0.05) is 6.07 Å². The second-order valence-electron chi connectivity index (χ2n) is 9.66. The van der Waals surface area contributed by atoms with Crippen LogP contribution in [-0.2, 0) is 16.4 Å². The van der Waals surface area contributed by atoms with Crippen LogP contribution < -0.4 is 5.32 Å². The first-order chi connectivity index (χ1) is 18.0. The Morgan fingerprint density at radius 2 is 1.95 bits per heavy atom. The molecule has 0 radical (unpaired) electrons. The number of halogens is 2. The molecule has 12 heteroatoms. The van der Waals surface area contributed by atoms with Crippen molar-refractivity contribution in [1.29, 1.82) is 0 Å². The van der Waals surface area contributed by atoms with Gasteiger partial charge >= 0.3 is 0 Å². The second-order valence-corrected chi connectivity index (χ2v) is 12.1. The van der Waals surface area contributed by atoms with E-state index in [0.717, 1.165) is 16.7 Å². The van der Waals surface area contributed by atoms with Gasteiger partial charge in [-0.15, -0.1) is 0 Å². The first kappa shape index (κ1) is 25.9. The molecule has 1 fully saturated rings. The number of pyridine rings is 2. The summed E-state index contributed by atoms with van der Waals surface area (Å²) >= 11 is 0. The number of rotatable bonds is 7. The highest BCUT2D eigenvalue weighted by atomic mass is 32.2. The van der Waals surface area contributed by atoms with Crippen LogP contribution in [0.4, 0.5) is 14.5 Å². The molecule has 5 rings (SSSR count). The van der Waals surface area contributed by atoms with Gasteiger partial charge in [-0.05, 0) is 55.3 Å². The number of hydrogen-bond acceptors (Lipinski definition) is 7. The van der Waals surface area contributed by atoms with E-state index in [-0.39, 0.29) is 23.7 Å². The normalized spacial score (nSPS) is 15.8. The molecule has 198 valence electrons. The predicted molar refractivity (Wildman–Crippen MR) is 139 cm³/mol. The van der Waals surface area contributed by atoms with Gasteiger partial charge in [-0.2, -0.15) is 5.10 Å². The number of nitrogens with one attached hydrogen (secondary N) is 2. The first-order valence-electron chi connectivity index (χ1n) is 12.1. The van der Waals surface area contributed by atoms with E-state index in [2.05, 4.69) is 25.5 Å². The lowest BCUT2D eigenvalue weighted by atomic mass is 10.0. The molecule has 1 aliphatic heterocycles. The van der Waals surface area contributed by atoms with Gasteiger partial charge in [0.2, 0.25) is 0 Å². The van der Waals surface area contributed by atoms with Crippen LogP contribution in [0.2, 0.25) is 0 Å². The number of sulfone groups is 1. The molecule has 4 heterocycles. The van der Waals surface area contributed by atoms with E-state index in [1.165, 1.54) is 18.3 Å². The van der Waals surface area contributed by atoms with Gasteiger partial charge in [-0.25, -0.2) is 22.2 Å². The number of amides is 1. The molecular weight excluding hydrogens is 514 g/mol. The molecule has 1 aliphatic rings.